The van der Waals surface area contributed by atoms with Gasteiger partial charge in [0.05, 0.1) is 28.4 Å². The van der Waals surface area contributed by atoms with Crippen molar-refractivity contribution >= 4 is 23.2 Å². The third-order valence-corrected chi connectivity index (χ3v) is 6.57. The molecule has 0 aromatic heterocycles. The molecule has 0 unspecified atom stereocenters. The summed E-state index contributed by atoms with van der Waals surface area (Å²) in [6, 6.07) is 21.8. The van der Waals surface area contributed by atoms with Crippen LogP contribution in [-0.4, -0.2) is 40.3 Å². The number of anilines is 2. The highest BCUT2D eigenvalue weighted by molar-refractivity contribution is 6.06. The van der Waals surface area contributed by atoms with Gasteiger partial charge in [-0.05, 0) is 96.8 Å². The van der Waals surface area contributed by atoms with Gasteiger partial charge < -0.3 is 29.6 Å². The van der Waals surface area contributed by atoms with Crippen molar-refractivity contribution < 1.29 is 28.5 Å². The zero-order valence-electron chi connectivity index (χ0n) is 23.4. The number of hydrogen-bond donors (Lipinski definition) is 2. The number of aryl methyl sites for hydroxylation is 2. The van der Waals surface area contributed by atoms with Gasteiger partial charge in [0, 0.05) is 22.5 Å². The Morgan fingerprint density at radius 3 is 1.20 bits per heavy atom. The van der Waals surface area contributed by atoms with E-state index < -0.39 is 0 Å². The zero-order chi connectivity index (χ0) is 28.8. The van der Waals surface area contributed by atoms with Gasteiger partial charge in [0.2, 0.25) is 0 Å². The van der Waals surface area contributed by atoms with Crippen LogP contribution in [0.2, 0.25) is 0 Å². The van der Waals surface area contributed by atoms with Crippen LogP contribution in [0.4, 0.5) is 11.4 Å². The Balaban J connectivity index is 1.48. The molecule has 0 spiro atoms. The molecule has 40 heavy (non-hydrogen) atoms. The van der Waals surface area contributed by atoms with Crippen LogP contribution in [0.5, 0.6) is 23.0 Å². The molecule has 0 aliphatic heterocycles. The number of ether oxygens (including phenoxy) is 4. The van der Waals surface area contributed by atoms with Gasteiger partial charge in [0.1, 0.15) is 0 Å². The molecule has 8 heteroatoms. The molecule has 0 aliphatic carbocycles. The summed E-state index contributed by atoms with van der Waals surface area (Å²) in [5.74, 6) is 1.59. The third-order valence-electron chi connectivity index (χ3n) is 6.57. The topological polar surface area (TPSA) is 95.1 Å². The van der Waals surface area contributed by atoms with Gasteiger partial charge in [-0.25, -0.2) is 0 Å². The lowest BCUT2D eigenvalue weighted by atomic mass is 9.99. The van der Waals surface area contributed by atoms with Gasteiger partial charge in [-0.2, -0.15) is 0 Å². The maximum Gasteiger partial charge on any atom is 0.255 e. The highest BCUT2D eigenvalue weighted by Crippen LogP contribution is 2.31. The van der Waals surface area contributed by atoms with Crippen molar-refractivity contribution in [2.24, 2.45) is 0 Å². The standard InChI is InChI=1S/C32H32N2O6/c1-19-15-21(7-11-25(19)33-31(35)23-9-13-27(37-3)29(17-23)39-5)22-8-12-26(20(2)16-22)34-32(36)24-10-14-28(38-4)30(18-24)40-6/h7-18H,1-6H3,(H,33,35)(H,34,36). The smallest absolute Gasteiger partial charge is 0.255 e. The minimum atomic E-state index is -0.248. The summed E-state index contributed by atoms with van der Waals surface area (Å²) in [4.78, 5) is 25.7. The molecule has 2 amide bonds. The number of carbonyl (C=O) groups excluding carboxylic acids is 2. The van der Waals surface area contributed by atoms with Gasteiger partial charge in [0.15, 0.2) is 23.0 Å². The number of rotatable bonds is 9. The summed E-state index contributed by atoms with van der Waals surface area (Å²) >= 11 is 0. The Hall–Kier alpha value is -4.98. The predicted molar refractivity (Wildman–Crippen MR) is 156 cm³/mol. The van der Waals surface area contributed by atoms with Gasteiger partial charge in [-0.3, -0.25) is 9.59 Å². The molecule has 4 rings (SSSR count). The van der Waals surface area contributed by atoms with Crippen LogP contribution in [0.1, 0.15) is 31.8 Å². The number of amides is 2. The molecule has 0 saturated carbocycles. The molecule has 0 saturated heterocycles. The van der Waals surface area contributed by atoms with E-state index in [1.165, 1.54) is 14.2 Å². The quantitative estimate of drug-likeness (QED) is 0.251. The maximum absolute atomic E-state index is 12.9. The second kappa shape index (κ2) is 12.3. The van der Waals surface area contributed by atoms with Gasteiger partial charge in [-0.1, -0.05) is 12.1 Å². The molecule has 0 radical (unpaired) electrons. The van der Waals surface area contributed by atoms with Crippen molar-refractivity contribution in [3.63, 3.8) is 0 Å². The molecule has 0 fully saturated rings. The van der Waals surface area contributed by atoms with Gasteiger partial charge in [0.25, 0.3) is 11.8 Å². The number of carbonyl (C=O) groups is 2. The Labute approximate surface area is 233 Å². The minimum absolute atomic E-state index is 0.248. The largest absolute Gasteiger partial charge is 0.493 e. The number of methoxy groups -OCH3 is 4. The number of nitrogens with one attached hydrogen (secondary N) is 2. The average molecular weight is 541 g/mol. The first-order valence-electron chi connectivity index (χ1n) is 12.6. The molecule has 0 aliphatic rings. The highest BCUT2D eigenvalue weighted by Gasteiger charge is 2.14. The first-order valence-corrected chi connectivity index (χ1v) is 12.6. The molecular formula is C32H32N2O6. The summed E-state index contributed by atoms with van der Waals surface area (Å²) in [5, 5.41) is 5.93. The number of benzene rings is 4. The molecule has 0 heterocycles. The van der Waals surface area contributed by atoms with E-state index in [-0.39, 0.29) is 11.8 Å². The number of hydrogen-bond acceptors (Lipinski definition) is 6. The van der Waals surface area contributed by atoms with Crippen molar-refractivity contribution in [3.8, 4) is 34.1 Å². The van der Waals surface area contributed by atoms with Crippen molar-refractivity contribution in [2.45, 2.75) is 13.8 Å². The second-order valence-corrected chi connectivity index (χ2v) is 9.11. The predicted octanol–water partition coefficient (Wildman–Crippen LogP) is 6.51. The first kappa shape index (κ1) is 28.0. The monoisotopic (exact) mass is 540 g/mol. The van der Waals surface area contributed by atoms with Crippen LogP contribution in [0.3, 0.4) is 0 Å². The Kier molecular flexibility index (Phi) is 8.59. The van der Waals surface area contributed by atoms with Gasteiger partial charge in [-0.15, -0.1) is 0 Å². The fourth-order valence-electron chi connectivity index (χ4n) is 4.31. The van der Waals surface area contributed by atoms with Crippen molar-refractivity contribution in [1.82, 2.24) is 0 Å². The molecule has 4 aromatic rings. The fraction of sp³-hybridized carbons (Fsp3) is 0.188. The van der Waals surface area contributed by atoms with Crippen LogP contribution < -0.4 is 29.6 Å². The normalized spacial score (nSPS) is 10.4. The van der Waals surface area contributed by atoms with E-state index in [1.54, 1.807) is 50.6 Å². The van der Waals surface area contributed by atoms with Gasteiger partial charge >= 0.3 is 0 Å². The summed E-state index contributed by atoms with van der Waals surface area (Å²) < 4.78 is 21.1. The van der Waals surface area contributed by atoms with Crippen molar-refractivity contribution in [1.29, 1.82) is 0 Å². The Bertz CT molecular complexity index is 1450. The Morgan fingerprint density at radius 2 is 0.875 bits per heavy atom. The summed E-state index contributed by atoms with van der Waals surface area (Å²) in [6.07, 6.45) is 0. The molecule has 2 N–H and O–H groups in total. The Morgan fingerprint density at radius 1 is 0.500 bits per heavy atom. The minimum Gasteiger partial charge on any atom is -0.493 e. The SMILES string of the molecule is COc1ccc(C(=O)Nc2ccc(-c3ccc(NC(=O)c4ccc(OC)c(OC)c4)c(C)c3)cc2C)cc1OC. The van der Waals surface area contributed by atoms with E-state index in [0.29, 0.717) is 45.5 Å². The van der Waals surface area contributed by atoms with Crippen LogP contribution in [0, 0.1) is 13.8 Å². The van der Waals surface area contributed by atoms with E-state index in [0.717, 1.165) is 22.3 Å². The molecule has 4 aromatic carbocycles. The third kappa shape index (κ3) is 6.02. The molecule has 0 atom stereocenters. The van der Waals surface area contributed by atoms with Crippen LogP contribution in [-0.2, 0) is 0 Å². The summed E-state index contributed by atoms with van der Waals surface area (Å²) in [7, 11) is 6.16. The van der Waals surface area contributed by atoms with E-state index in [9.17, 15) is 9.59 Å². The lowest BCUT2D eigenvalue weighted by molar-refractivity contribution is 0.101. The fourth-order valence-corrected chi connectivity index (χ4v) is 4.31. The lowest BCUT2D eigenvalue weighted by Gasteiger charge is -2.14. The first-order chi connectivity index (χ1) is 19.3. The average Bonchev–Trinajstić information content (AvgIpc) is 2.98. The lowest BCUT2D eigenvalue weighted by Crippen LogP contribution is -2.13. The van der Waals surface area contributed by atoms with Crippen LogP contribution in [0.25, 0.3) is 11.1 Å². The van der Waals surface area contributed by atoms with Crippen LogP contribution >= 0.6 is 0 Å². The van der Waals surface area contributed by atoms with E-state index >= 15 is 0 Å². The molecule has 0 bridgehead atoms. The van der Waals surface area contributed by atoms with E-state index in [4.69, 9.17) is 18.9 Å². The summed E-state index contributed by atoms with van der Waals surface area (Å²) in [6.45, 7) is 3.89. The highest BCUT2D eigenvalue weighted by atomic mass is 16.5. The van der Waals surface area contributed by atoms with Crippen molar-refractivity contribution in [2.75, 3.05) is 39.1 Å². The second-order valence-electron chi connectivity index (χ2n) is 9.11. The van der Waals surface area contributed by atoms with Crippen LogP contribution in [0.15, 0.2) is 72.8 Å². The molecule has 206 valence electrons. The summed E-state index contributed by atoms with van der Waals surface area (Å²) in [5.41, 5.74) is 6.14. The zero-order valence-corrected chi connectivity index (χ0v) is 23.4. The van der Waals surface area contributed by atoms with E-state index in [2.05, 4.69) is 10.6 Å². The molecule has 8 nitrogen and oxygen atoms in total. The molecular weight excluding hydrogens is 508 g/mol. The van der Waals surface area contributed by atoms with Crippen molar-refractivity contribution in [3.05, 3.63) is 95.1 Å². The van der Waals surface area contributed by atoms with E-state index in [1.807, 2.05) is 50.2 Å². The maximum atomic E-state index is 12.9.